The minimum Gasteiger partial charge on any atom is -0.459 e. The highest BCUT2D eigenvalue weighted by Crippen LogP contribution is 2.29. The number of halogens is 1. The van der Waals surface area contributed by atoms with Gasteiger partial charge >= 0.3 is 0 Å². The minimum absolute atomic E-state index is 0.0653. The second kappa shape index (κ2) is 12.5. The number of nitrogens with one attached hydrogen (secondary N) is 3. The molecule has 1 aliphatic heterocycles. The van der Waals surface area contributed by atoms with E-state index >= 15 is 0 Å². The molecule has 0 aliphatic carbocycles. The topological polar surface area (TPSA) is 118 Å². The molecule has 2 unspecified atom stereocenters. The van der Waals surface area contributed by atoms with Crippen LogP contribution in [0.4, 0.5) is 0 Å². The number of benzene rings is 1. The minimum atomic E-state index is -0.989. The molecule has 0 saturated heterocycles. The van der Waals surface area contributed by atoms with Gasteiger partial charge in [-0.3, -0.25) is 15.1 Å². The van der Waals surface area contributed by atoms with Crippen LogP contribution in [-0.4, -0.2) is 58.8 Å². The summed E-state index contributed by atoms with van der Waals surface area (Å²) in [4.78, 5) is 14.5. The van der Waals surface area contributed by atoms with Gasteiger partial charge in [0, 0.05) is 19.4 Å². The van der Waals surface area contributed by atoms with Gasteiger partial charge < -0.3 is 25.6 Å². The van der Waals surface area contributed by atoms with Gasteiger partial charge in [0.15, 0.2) is 0 Å². The standard InChI is InChI=1S/C22H31ClN4O4/c1-15(2)12-18(22(30)26-20(24)8-10-25-9-5-11-28)27-14-16(13-21(27)29)31-19-7-4-3-6-17(19)23/h3-4,6-8,10,13,15,18,21,25,28-29H,5,9,11-12,14H2,1-2H3,(H2,24,26,30)/b10-8-. The van der Waals surface area contributed by atoms with Crippen molar-refractivity contribution in [1.29, 1.82) is 5.41 Å². The number of aliphatic hydroxyl groups is 2. The van der Waals surface area contributed by atoms with Gasteiger partial charge in [0.05, 0.1) is 17.6 Å². The second-order valence-corrected chi connectivity index (χ2v) is 8.07. The lowest BCUT2D eigenvalue weighted by molar-refractivity contribution is -0.128. The number of ether oxygens (including phenoxy) is 1. The van der Waals surface area contributed by atoms with Gasteiger partial charge in [0.2, 0.25) is 5.91 Å². The Hall–Kier alpha value is -2.39. The van der Waals surface area contributed by atoms with Gasteiger partial charge in [-0.1, -0.05) is 37.6 Å². The number of amides is 1. The van der Waals surface area contributed by atoms with Crippen LogP contribution in [0.1, 0.15) is 26.7 Å². The second-order valence-electron chi connectivity index (χ2n) is 7.66. The first kappa shape index (κ1) is 24.9. The Balaban J connectivity index is 2.00. The van der Waals surface area contributed by atoms with Crippen molar-refractivity contribution in [1.82, 2.24) is 15.5 Å². The van der Waals surface area contributed by atoms with E-state index in [0.717, 1.165) is 0 Å². The molecule has 2 atom stereocenters. The zero-order valence-corrected chi connectivity index (χ0v) is 18.6. The van der Waals surface area contributed by atoms with E-state index in [-0.39, 0.29) is 30.8 Å². The molecule has 5 N–H and O–H groups in total. The number of rotatable bonds is 11. The Morgan fingerprint density at radius 2 is 2.16 bits per heavy atom. The number of carbonyl (C=O) groups excluding carboxylic acids is 1. The molecule has 8 nitrogen and oxygen atoms in total. The van der Waals surface area contributed by atoms with Crippen LogP contribution in [-0.2, 0) is 4.79 Å². The van der Waals surface area contributed by atoms with Crippen molar-refractivity contribution < 1.29 is 19.7 Å². The average Bonchev–Trinajstić information content (AvgIpc) is 3.07. The van der Waals surface area contributed by atoms with Crippen molar-refractivity contribution in [3.63, 3.8) is 0 Å². The summed E-state index contributed by atoms with van der Waals surface area (Å²) in [5, 5.41) is 33.2. The zero-order chi connectivity index (χ0) is 22.8. The number of nitrogens with zero attached hydrogens (tertiary/aromatic N) is 1. The summed E-state index contributed by atoms with van der Waals surface area (Å²) < 4.78 is 5.82. The number of amidine groups is 1. The predicted molar refractivity (Wildman–Crippen MR) is 121 cm³/mol. The summed E-state index contributed by atoms with van der Waals surface area (Å²) >= 11 is 6.14. The van der Waals surface area contributed by atoms with Crippen LogP contribution in [0.25, 0.3) is 0 Å². The average molecular weight is 451 g/mol. The lowest BCUT2D eigenvalue weighted by Crippen LogP contribution is -2.51. The Kier molecular flexibility index (Phi) is 10.00. The smallest absolute Gasteiger partial charge is 0.242 e. The largest absolute Gasteiger partial charge is 0.459 e. The maximum Gasteiger partial charge on any atom is 0.242 e. The fourth-order valence-electron chi connectivity index (χ4n) is 3.12. The van der Waals surface area contributed by atoms with E-state index in [1.165, 1.54) is 6.08 Å². The maximum absolute atomic E-state index is 12.9. The summed E-state index contributed by atoms with van der Waals surface area (Å²) in [5.74, 6) is 0.746. The van der Waals surface area contributed by atoms with E-state index < -0.39 is 12.3 Å². The first-order valence-corrected chi connectivity index (χ1v) is 10.7. The third kappa shape index (κ3) is 7.99. The van der Waals surface area contributed by atoms with Crippen LogP contribution in [0.5, 0.6) is 5.75 Å². The third-order valence-electron chi connectivity index (χ3n) is 4.59. The Morgan fingerprint density at radius 1 is 1.42 bits per heavy atom. The molecule has 0 aromatic heterocycles. The van der Waals surface area contributed by atoms with Gasteiger partial charge in [-0.25, -0.2) is 0 Å². The van der Waals surface area contributed by atoms with E-state index in [0.29, 0.717) is 35.9 Å². The van der Waals surface area contributed by atoms with E-state index in [4.69, 9.17) is 26.9 Å². The molecular formula is C22H31ClN4O4. The van der Waals surface area contributed by atoms with Crippen LogP contribution >= 0.6 is 11.6 Å². The van der Waals surface area contributed by atoms with Crippen LogP contribution in [0.15, 0.2) is 48.4 Å². The number of para-hydroxylation sites is 1. The Labute approximate surface area is 188 Å². The highest BCUT2D eigenvalue weighted by Gasteiger charge is 2.35. The summed E-state index contributed by atoms with van der Waals surface area (Å²) in [6.45, 7) is 4.88. The quantitative estimate of drug-likeness (QED) is 0.200. The summed E-state index contributed by atoms with van der Waals surface area (Å²) in [6, 6.07) is 6.41. The molecule has 0 bridgehead atoms. The van der Waals surface area contributed by atoms with Crippen LogP contribution in [0.2, 0.25) is 5.02 Å². The molecule has 0 spiro atoms. The number of carbonyl (C=O) groups is 1. The van der Waals surface area contributed by atoms with E-state index in [2.05, 4.69) is 10.6 Å². The van der Waals surface area contributed by atoms with Crippen molar-refractivity contribution >= 4 is 23.3 Å². The Morgan fingerprint density at radius 3 is 2.84 bits per heavy atom. The van der Waals surface area contributed by atoms with Crippen molar-refractivity contribution in [3.8, 4) is 5.75 Å². The zero-order valence-electron chi connectivity index (χ0n) is 17.8. The van der Waals surface area contributed by atoms with Crippen molar-refractivity contribution in [2.24, 2.45) is 5.92 Å². The fourth-order valence-corrected chi connectivity index (χ4v) is 3.30. The molecule has 0 fully saturated rings. The molecule has 1 aromatic carbocycles. The predicted octanol–water partition coefficient (Wildman–Crippen LogP) is 2.23. The molecule has 1 aromatic rings. The Bertz CT molecular complexity index is 812. The van der Waals surface area contributed by atoms with Gasteiger partial charge in [0.1, 0.15) is 23.6 Å². The third-order valence-corrected chi connectivity index (χ3v) is 4.91. The molecule has 1 heterocycles. The van der Waals surface area contributed by atoms with E-state index in [1.807, 2.05) is 13.8 Å². The van der Waals surface area contributed by atoms with Gasteiger partial charge in [-0.15, -0.1) is 0 Å². The summed E-state index contributed by atoms with van der Waals surface area (Å²) in [5.41, 5.74) is 0. The molecule has 170 valence electrons. The van der Waals surface area contributed by atoms with Crippen molar-refractivity contribution in [2.75, 3.05) is 19.7 Å². The fraction of sp³-hybridized carbons (Fsp3) is 0.455. The summed E-state index contributed by atoms with van der Waals surface area (Å²) in [6.07, 6.45) is 4.65. The summed E-state index contributed by atoms with van der Waals surface area (Å²) in [7, 11) is 0. The van der Waals surface area contributed by atoms with Crippen molar-refractivity contribution in [3.05, 3.63) is 53.4 Å². The molecule has 2 rings (SSSR count). The van der Waals surface area contributed by atoms with E-state index in [9.17, 15) is 9.90 Å². The number of aliphatic hydroxyl groups excluding tert-OH is 2. The monoisotopic (exact) mass is 450 g/mol. The first-order chi connectivity index (χ1) is 14.8. The molecule has 1 amide bonds. The number of hydrogen-bond donors (Lipinski definition) is 5. The van der Waals surface area contributed by atoms with Gasteiger partial charge in [0.25, 0.3) is 0 Å². The van der Waals surface area contributed by atoms with Gasteiger partial charge in [-0.05, 0) is 43.0 Å². The molecule has 0 radical (unpaired) electrons. The lowest BCUT2D eigenvalue weighted by atomic mass is 10.0. The van der Waals surface area contributed by atoms with Gasteiger partial charge in [-0.2, -0.15) is 0 Å². The molecule has 31 heavy (non-hydrogen) atoms. The first-order valence-electron chi connectivity index (χ1n) is 10.3. The SMILES string of the molecule is CC(C)CC(C(=O)NC(=N)/C=C\NCCCO)N1CC(Oc2ccccc2Cl)=CC1O. The molecule has 1 aliphatic rings. The van der Waals surface area contributed by atoms with Crippen LogP contribution in [0.3, 0.4) is 0 Å². The maximum atomic E-state index is 12.9. The molecule has 9 heteroatoms. The number of hydrogen-bond acceptors (Lipinski definition) is 7. The molecule has 0 saturated carbocycles. The van der Waals surface area contributed by atoms with Crippen molar-refractivity contribution in [2.45, 2.75) is 39.0 Å². The van der Waals surface area contributed by atoms with Crippen LogP contribution < -0.4 is 15.4 Å². The molecular weight excluding hydrogens is 420 g/mol. The highest BCUT2D eigenvalue weighted by molar-refractivity contribution is 6.32. The van der Waals surface area contributed by atoms with E-state index in [1.54, 1.807) is 41.4 Å². The lowest BCUT2D eigenvalue weighted by Gasteiger charge is -2.30. The van der Waals surface area contributed by atoms with Crippen LogP contribution in [0, 0.1) is 11.3 Å². The normalized spacial score (nSPS) is 17.6. The highest BCUT2D eigenvalue weighted by atomic mass is 35.5.